The number of rotatable bonds is 5. The molecule has 0 spiro atoms. The van der Waals surface area contributed by atoms with Gasteiger partial charge in [0.15, 0.2) is 0 Å². The van der Waals surface area contributed by atoms with Gasteiger partial charge in [-0.2, -0.15) is 0 Å². The molecule has 0 aliphatic heterocycles. The standard InChI is InChI=1S/C9H17N5O2S/c1-6(2)7-8(10)13-5-14-9(7)12-3-4-17(11,15)16/h5-6H,3-4H2,1-2H3,(H2,11,15,16)(H3,10,12,13,14). The molecule has 0 saturated carbocycles. The molecule has 1 aromatic heterocycles. The first-order chi connectivity index (χ1) is 7.81. The van der Waals surface area contributed by atoms with Crippen molar-refractivity contribution in [3.05, 3.63) is 11.9 Å². The summed E-state index contributed by atoms with van der Waals surface area (Å²) in [5.41, 5.74) is 6.53. The van der Waals surface area contributed by atoms with E-state index < -0.39 is 10.0 Å². The van der Waals surface area contributed by atoms with Crippen molar-refractivity contribution in [2.75, 3.05) is 23.3 Å². The van der Waals surface area contributed by atoms with Crippen LogP contribution in [-0.4, -0.2) is 30.7 Å². The molecule has 1 aromatic rings. The lowest BCUT2D eigenvalue weighted by Crippen LogP contribution is -2.23. The van der Waals surface area contributed by atoms with E-state index in [1.54, 1.807) is 0 Å². The smallest absolute Gasteiger partial charge is 0.210 e. The van der Waals surface area contributed by atoms with E-state index in [0.29, 0.717) is 11.6 Å². The van der Waals surface area contributed by atoms with Crippen LogP contribution in [0.25, 0.3) is 0 Å². The number of sulfonamides is 1. The van der Waals surface area contributed by atoms with Crippen molar-refractivity contribution in [2.45, 2.75) is 19.8 Å². The Labute approximate surface area is 101 Å². The lowest BCUT2D eigenvalue weighted by atomic mass is 10.1. The van der Waals surface area contributed by atoms with Gasteiger partial charge in [0.05, 0.1) is 5.75 Å². The van der Waals surface area contributed by atoms with Gasteiger partial charge in [-0.3, -0.25) is 0 Å². The van der Waals surface area contributed by atoms with Crippen LogP contribution in [0.1, 0.15) is 25.3 Å². The van der Waals surface area contributed by atoms with Gasteiger partial charge < -0.3 is 11.1 Å². The Bertz CT molecular complexity index is 486. The van der Waals surface area contributed by atoms with Gasteiger partial charge >= 0.3 is 0 Å². The second-order valence-corrected chi connectivity index (χ2v) is 5.70. The minimum absolute atomic E-state index is 0.146. The maximum absolute atomic E-state index is 10.8. The third kappa shape index (κ3) is 4.16. The second-order valence-electron chi connectivity index (χ2n) is 3.97. The molecule has 0 radical (unpaired) electrons. The van der Waals surface area contributed by atoms with Crippen LogP contribution in [0.15, 0.2) is 6.33 Å². The van der Waals surface area contributed by atoms with Crippen molar-refractivity contribution >= 4 is 21.7 Å². The zero-order valence-corrected chi connectivity index (χ0v) is 10.7. The van der Waals surface area contributed by atoms with Gasteiger partial charge in [0.2, 0.25) is 10.0 Å². The molecule has 1 heterocycles. The van der Waals surface area contributed by atoms with Gasteiger partial charge in [0.1, 0.15) is 18.0 Å². The van der Waals surface area contributed by atoms with Gasteiger partial charge in [0, 0.05) is 12.1 Å². The lowest BCUT2D eigenvalue weighted by molar-refractivity contribution is 0.598. The van der Waals surface area contributed by atoms with E-state index in [4.69, 9.17) is 10.9 Å². The van der Waals surface area contributed by atoms with E-state index in [-0.39, 0.29) is 18.2 Å². The molecule has 8 heteroatoms. The van der Waals surface area contributed by atoms with E-state index in [0.717, 1.165) is 5.56 Å². The predicted octanol–water partition coefficient (Wildman–Crippen LogP) is -0.117. The van der Waals surface area contributed by atoms with E-state index in [2.05, 4.69) is 15.3 Å². The van der Waals surface area contributed by atoms with E-state index in [1.165, 1.54) is 6.33 Å². The first-order valence-electron chi connectivity index (χ1n) is 5.16. The third-order valence-corrected chi connectivity index (χ3v) is 2.94. The molecule has 0 aliphatic rings. The summed E-state index contributed by atoms with van der Waals surface area (Å²) in [7, 11) is -3.47. The molecule has 0 saturated heterocycles. The van der Waals surface area contributed by atoms with Crippen LogP contribution in [0.3, 0.4) is 0 Å². The average Bonchev–Trinajstić information content (AvgIpc) is 2.14. The molecule has 0 aromatic carbocycles. The van der Waals surface area contributed by atoms with Crippen LogP contribution in [0.5, 0.6) is 0 Å². The molecule has 0 amide bonds. The zero-order chi connectivity index (χ0) is 13.1. The fourth-order valence-corrected chi connectivity index (χ4v) is 1.82. The Balaban J connectivity index is 2.81. The SMILES string of the molecule is CC(C)c1c(N)ncnc1NCCS(N)(=O)=O. The summed E-state index contributed by atoms with van der Waals surface area (Å²) in [6.45, 7) is 4.11. The number of nitrogen functional groups attached to an aromatic ring is 1. The number of hydrogen-bond donors (Lipinski definition) is 3. The van der Waals surface area contributed by atoms with Gasteiger partial charge in [-0.15, -0.1) is 0 Å². The van der Waals surface area contributed by atoms with Crippen LogP contribution in [0, 0.1) is 0 Å². The molecule has 17 heavy (non-hydrogen) atoms. The molecule has 1 rings (SSSR count). The van der Waals surface area contributed by atoms with Gasteiger partial charge in [-0.1, -0.05) is 13.8 Å². The predicted molar refractivity (Wildman–Crippen MR) is 67.0 cm³/mol. The molecule has 5 N–H and O–H groups in total. The molecule has 0 unspecified atom stereocenters. The van der Waals surface area contributed by atoms with Crippen LogP contribution in [0.2, 0.25) is 0 Å². The Kier molecular flexibility index (Phi) is 4.24. The minimum atomic E-state index is -3.47. The van der Waals surface area contributed by atoms with Crippen molar-refractivity contribution in [1.82, 2.24) is 9.97 Å². The Morgan fingerprint density at radius 3 is 2.59 bits per heavy atom. The summed E-state index contributed by atoms with van der Waals surface area (Å²) in [5.74, 6) is 0.937. The van der Waals surface area contributed by atoms with Crippen molar-refractivity contribution in [3.8, 4) is 0 Å². The molecule has 0 bridgehead atoms. The summed E-state index contributed by atoms with van der Waals surface area (Å²) < 4.78 is 21.6. The monoisotopic (exact) mass is 259 g/mol. The summed E-state index contributed by atoms with van der Waals surface area (Å²) in [4.78, 5) is 7.94. The Morgan fingerprint density at radius 2 is 2.06 bits per heavy atom. The van der Waals surface area contributed by atoms with Crippen molar-refractivity contribution in [2.24, 2.45) is 5.14 Å². The normalized spacial score (nSPS) is 11.8. The summed E-state index contributed by atoms with van der Waals surface area (Å²) in [6, 6.07) is 0. The van der Waals surface area contributed by atoms with Gasteiger partial charge in [0.25, 0.3) is 0 Å². The maximum Gasteiger partial charge on any atom is 0.210 e. The molecule has 0 atom stereocenters. The minimum Gasteiger partial charge on any atom is -0.383 e. The van der Waals surface area contributed by atoms with Crippen molar-refractivity contribution in [1.29, 1.82) is 0 Å². The topological polar surface area (TPSA) is 124 Å². The Hall–Kier alpha value is -1.41. The summed E-state index contributed by atoms with van der Waals surface area (Å²) in [6.07, 6.45) is 1.33. The highest BCUT2D eigenvalue weighted by Crippen LogP contribution is 2.25. The number of aromatic nitrogens is 2. The average molecular weight is 259 g/mol. The number of hydrogen-bond acceptors (Lipinski definition) is 6. The second kappa shape index (κ2) is 5.28. The van der Waals surface area contributed by atoms with Gasteiger partial charge in [-0.05, 0) is 5.92 Å². The zero-order valence-electron chi connectivity index (χ0n) is 9.84. The molecular formula is C9H17N5O2S. The molecule has 96 valence electrons. The maximum atomic E-state index is 10.8. The largest absolute Gasteiger partial charge is 0.383 e. The van der Waals surface area contributed by atoms with E-state index >= 15 is 0 Å². The Morgan fingerprint density at radius 1 is 1.41 bits per heavy atom. The fourth-order valence-electron chi connectivity index (χ4n) is 1.43. The number of primary sulfonamides is 1. The molecule has 0 aliphatic carbocycles. The highest BCUT2D eigenvalue weighted by atomic mass is 32.2. The third-order valence-electron chi connectivity index (χ3n) is 2.17. The van der Waals surface area contributed by atoms with Crippen LogP contribution < -0.4 is 16.2 Å². The number of anilines is 2. The first-order valence-corrected chi connectivity index (χ1v) is 6.87. The quantitative estimate of drug-likeness (QED) is 0.677. The van der Waals surface area contributed by atoms with Crippen LogP contribution in [-0.2, 0) is 10.0 Å². The fraction of sp³-hybridized carbons (Fsp3) is 0.556. The number of nitrogens with zero attached hydrogens (tertiary/aromatic N) is 2. The summed E-state index contributed by atoms with van der Waals surface area (Å²) in [5, 5.41) is 7.80. The van der Waals surface area contributed by atoms with E-state index in [1.807, 2.05) is 13.8 Å². The molecule has 0 fully saturated rings. The van der Waals surface area contributed by atoms with E-state index in [9.17, 15) is 8.42 Å². The molecular weight excluding hydrogens is 242 g/mol. The highest BCUT2D eigenvalue weighted by molar-refractivity contribution is 7.89. The van der Waals surface area contributed by atoms with Crippen molar-refractivity contribution < 1.29 is 8.42 Å². The molecule has 7 nitrogen and oxygen atoms in total. The highest BCUT2D eigenvalue weighted by Gasteiger charge is 2.13. The summed E-state index contributed by atoms with van der Waals surface area (Å²) >= 11 is 0. The number of nitrogens with two attached hydrogens (primary N) is 2. The van der Waals surface area contributed by atoms with Crippen LogP contribution >= 0.6 is 0 Å². The van der Waals surface area contributed by atoms with Crippen molar-refractivity contribution in [3.63, 3.8) is 0 Å². The van der Waals surface area contributed by atoms with Gasteiger partial charge in [-0.25, -0.2) is 23.5 Å². The number of nitrogens with one attached hydrogen (secondary N) is 1. The first kappa shape index (κ1) is 13.7. The van der Waals surface area contributed by atoms with Crippen LogP contribution in [0.4, 0.5) is 11.6 Å². The lowest BCUT2D eigenvalue weighted by Gasteiger charge is -2.14.